The highest BCUT2D eigenvalue weighted by Gasteiger charge is 2.50. The summed E-state index contributed by atoms with van der Waals surface area (Å²) in [6, 6.07) is 9.43. The van der Waals surface area contributed by atoms with E-state index in [-0.39, 0.29) is 5.41 Å². The molecule has 1 aromatic heterocycles. The number of pyridine rings is 1. The first-order valence-electron chi connectivity index (χ1n) is 7.12. The number of nitriles is 1. The van der Waals surface area contributed by atoms with Gasteiger partial charge in [0.25, 0.3) is 0 Å². The minimum Gasteiger partial charge on any atom is -0.269 e. The Hall–Kier alpha value is -1.85. The van der Waals surface area contributed by atoms with E-state index in [4.69, 9.17) is 5.26 Å². The molecule has 0 unspecified atom stereocenters. The summed E-state index contributed by atoms with van der Waals surface area (Å²) in [6.45, 7) is 1.30. The van der Waals surface area contributed by atoms with Crippen molar-refractivity contribution >= 4 is 27.4 Å². The maximum Gasteiger partial charge on any atom is 0.148 e. The minimum atomic E-state index is -2.99. The molecule has 1 aromatic carbocycles. The van der Waals surface area contributed by atoms with E-state index in [2.05, 4.69) is 15.8 Å². The number of hydrogen-bond donors (Lipinski definition) is 3. The predicted molar refractivity (Wildman–Crippen MR) is 86.3 cm³/mol. The van der Waals surface area contributed by atoms with Crippen molar-refractivity contribution in [1.29, 1.82) is 5.26 Å². The van der Waals surface area contributed by atoms with E-state index >= 15 is 0 Å². The van der Waals surface area contributed by atoms with Gasteiger partial charge in [-0.15, -0.1) is 0 Å². The molecule has 1 saturated carbocycles. The fraction of sp³-hybridized carbons (Fsp3) is 0.333. The molecule has 1 saturated heterocycles. The summed E-state index contributed by atoms with van der Waals surface area (Å²) in [5, 5.41) is 10.7. The summed E-state index contributed by atoms with van der Waals surface area (Å²) < 4.78 is 25.2. The first-order chi connectivity index (χ1) is 10.5. The lowest BCUT2D eigenvalue weighted by atomic mass is 10.1. The number of benzene rings is 1. The monoisotopic (exact) mass is 316 g/mol. The van der Waals surface area contributed by atoms with Crippen LogP contribution < -0.4 is 9.03 Å². The van der Waals surface area contributed by atoms with E-state index in [1.54, 1.807) is 10.5 Å². The number of nitrogens with one attached hydrogen (secondary N) is 1. The van der Waals surface area contributed by atoms with Gasteiger partial charge >= 0.3 is 0 Å². The highest BCUT2D eigenvalue weighted by Crippen LogP contribution is 2.56. The van der Waals surface area contributed by atoms with Gasteiger partial charge in [0.05, 0.1) is 5.69 Å². The summed E-state index contributed by atoms with van der Waals surface area (Å²) in [6.07, 6.45) is 3.82. The largest absolute Gasteiger partial charge is 0.269 e. The molecule has 1 aliphatic heterocycles. The molecule has 114 valence electrons. The van der Waals surface area contributed by atoms with Crippen LogP contribution in [0.4, 0.5) is 5.69 Å². The van der Waals surface area contributed by atoms with Gasteiger partial charge in [-0.1, -0.05) is 11.0 Å². The first kappa shape index (κ1) is 13.8. The van der Waals surface area contributed by atoms with Gasteiger partial charge in [-0.05, 0) is 42.5 Å². The third kappa shape index (κ3) is 2.12. The molecule has 22 heavy (non-hydrogen) atoms. The van der Waals surface area contributed by atoms with Gasteiger partial charge in [0.2, 0.25) is 0 Å². The SMILES string of the molecule is N#Cc1nccc2cc(N3CC4(CC4)CNS3(O)O)ccc12. The Kier molecular flexibility index (Phi) is 2.86. The second-order valence-corrected chi connectivity index (χ2v) is 7.82. The maximum atomic E-state index is 10.3. The van der Waals surface area contributed by atoms with Crippen LogP contribution in [0.3, 0.4) is 0 Å². The Labute approximate surface area is 130 Å². The normalized spacial score (nSPS) is 23.2. The number of aromatic nitrogens is 1. The zero-order chi connectivity index (χ0) is 15.4. The third-order valence-electron chi connectivity index (χ3n) is 4.53. The molecule has 7 heteroatoms. The lowest BCUT2D eigenvalue weighted by Gasteiger charge is -2.50. The molecule has 6 nitrogen and oxygen atoms in total. The number of anilines is 1. The van der Waals surface area contributed by atoms with Gasteiger partial charge in [-0.25, -0.2) is 9.71 Å². The second-order valence-electron chi connectivity index (χ2n) is 6.05. The summed E-state index contributed by atoms with van der Waals surface area (Å²) in [5.74, 6) is 0. The molecule has 4 rings (SSSR count). The fourth-order valence-electron chi connectivity index (χ4n) is 2.94. The van der Waals surface area contributed by atoms with E-state index in [0.29, 0.717) is 18.8 Å². The Morgan fingerprint density at radius 1 is 1.32 bits per heavy atom. The van der Waals surface area contributed by atoms with Gasteiger partial charge in [0.15, 0.2) is 0 Å². The molecule has 1 spiro atoms. The second kappa shape index (κ2) is 4.57. The quantitative estimate of drug-likeness (QED) is 0.749. The number of fused-ring (bicyclic) bond motifs is 1. The smallest absolute Gasteiger partial charge is 0.148 e. The van der Waals surface area contributed by atoms with Crippen LogP contribution in [0.1, 0.15) is 18.5 Å². The molecular formula is C15H16N4O2S. The number of nitrogens with zero attached hydrogens (tertiary/aromatic N) is 3. The van der Waals surface area contributed by atoms with Crippen LogP contribution in [0.25, 0.3) is 10.8 Å². The topological polar surface area (TPSA) is 92.4 Å². The van der Waals surface area contributed by atoms with E-state index in [0.717, 1.165) is 29.3 Å². The van der Waals surface area contributed by atoms with E-state index in [9.17, 15) is 9.11 Å². The van der Waals surface area contributed by atoms with Crippen molar-refractivity contribution in [1.82, 2.24) is 9.71 Å². The maximum absolute atomic E-state index is 10.3. The van der Waals surface area contributed by atoms with Gasteiger partial charge in [0.1, 0.15) is 11.8 Å². The Balaban J connectivity index is 1.78. The van der Waals surface area contributed by atoms with E-state index in [1.165, 1.54) is 0 Å². The van der Waals surface area contributed by atoms with Crippen LogP contribution in [0, 0.1) is 16.7 Å². The molecule has 0 amide bonds. The molecule has 2 fully saturated rings. The van der Waals surface area contributed by atoms with Crippen molar-refractivity contribution in [2.24, 2.45) is 5.41 Å². The molecule has 0 bridgehead atoms. The van der Waals surface area contributed by atoms with Crippen molar-refractivity contribution in [3.8, 4) is 6.07 Å². The molecule has 0 atom stereocenters. The van der Waals surface area contributed by atoms with E-state index < -0.39 is 11.0 Å². The zero-order valence-electron chi connectivity index (χ0n) is 11.9. The average molecular weight is 316 g/mol. The molecule has 0 radical (unpaired) electrons. The molecule has 2 aliphatic rings. The highest BCUT2D eigenvalue weighted by atomic mass is 32.3. The molecule has 2 heterocycles. The lowest BCUT2D eigenvalue weighted by Crippen LogP contribution is -2.49. The molecule has 2 aromatic rings. The summed E-state index contributed by atoms with van der Waals surface area (Å²) in [7, 11) is -2.99. The van der Waals surface area contributed by atoms with Crippen LogP contribution in [0.15, 0.2) is 30.5 Å². The summed E-state index contributed by atoms with van der Waals surface area (Å²) >= 11 is 0. The average Bonchev–Trinajstić information content (AvgIpc) is 3.29. The van der Waals surface area contributed by atoms with Gasteiger partial charge in [-0.2, -0.15) is 5.26 Å². The van der Waals surface area contributed by atoms with Gasteiger partial charge in [0, 0.05) is 30.1 Å². The van der Waals surface area contributed by atoms with Crippen molar-refractivity contribution in [3.05, 3.63) is 36.2 Å². The summed E-state index contributed by atoms with van der Waals surface area (Å²) in [4.78, 5) is 4.05. The third-order valence-corrected chi connectivity index (χ3v) is 6.01. The minimum absolute atomic E-state index is 0.174. The van der Waals surface area contributed by atoms with Crippen LogP contribution in [0.5, 0.6) is 0 Å². The molecular weight excluding hydrogens is 300 g/mol. The lowest BCUT2D eigenvalue weighted by molar-refractivity contribution is 0.403. The van der Waals surface area contributed by atoms with Gasteiger partial charge < -0.3 is 0 Å². The Morgan fingerprint density at radius 2 is 2.14 bits per heavy atom. The fourth-order valence-corrected chi connectivity index (χ4v) is 4.45. The molecule has 3 N–H and O–H groups in total. The highest BCUT2D eigenvalue weighted by molar-refractivity contribution is 8.23. The van der Waals surface area contributed by atoms with Gasteiger partial charge in [-0.3, -0.25) is 13.4 Å². The van der Waals surface area contributed by atoms with Crippen molar-refractivity contribution in [2.45, 2.75) is 12.8 Å². The van der Waals surface area contributed by atoms with Crippen LogP contribution >= 0.6 is 11.0 Å². The first-order valence-corrected chi connectivity index (χ1v) is 8.63. The standard InChI is InChI=1S/C15H16N4O2S/c16-8-14-13-2-1-12(7-11(13)3-6-17-14)19-10-15(4-5-15)9-18-22(19,20)21/h1-3,6-7,18,20-21H,4-5,9-10H2. The van der Waals surface area contributed by atoms with Crippen LogP contribution in [-0.4, -0.2) is 27.2 Å². The Morgan fingerprint density at radius 3 is 2.86 bits per heavy atom. The van der Waals surface area contributed by atoms with E-state index in [1.807, 2.05) is 24.3 Å². The summed E-state index contributed by atoms with van der Waals surface area (Å²) in [5.41, 5.74) is 1.31. The van der Waals surface area contributed by atoms with Crippen molar-refractivity contribution in [3.63, 3.8) is 0 Å². The zero-order valence-corrected chi connectivity index (χ0v) is 12.7. The van der Waals surface area contributed by atoms with Crippen molar-refractivity contribution in [2.75, 3.05) is 17.4 Å². The Bertz CT molecular complexity index is 798. The van der Waals surface area contributed by atoms with Crippen molar-refractivity contribution < 1.29 is 9.11 Å². The molecule has 1 aliphatic carbocycles. The number of rotatable bonds is 1. The predicted octanol–water partition coefficient (Wildman–Crippen LogP) is 2.88. The van der Waals surface area contributed by atoms with Crippen LogP contribution in [-0.2, 0) is 0 Å². The number of hydrogen-bond acceptors (Lipinski definition) is 6. The van der Waals surface area contributed by atoms with Crippen LogP contribution in [0.2, 0.25) is 0 Å².